The SMILES string of the molecule is COCCCNC(=O)c1cc(S(=O)(=O)Nc2cccc(C)c2)c(Cl)cc1Cl. The molecular formula is C18H20Cl2N2O4S. The Hall–Kier alpha value is -1.80. The number of anilines is 1. The first-order valence-electron chi connectivity index (χ1n) is 8.10. The number of nitrogens with one attached hydrogen (secondary N) is 2. The molecule has 0 aliphatic rings. The van der Waals surface area contributed by atoms with Gasteiger partial charge in [0, 0.05) is 25.9 Å². The van der Waals surface area contributed by atoms with E-state index in [0.717, 1.165) is 5.56 Å². The highest BCUT2D eigenvalue weighted by Gasteiger charge is 2.23. The Bertz CT molecular complexity index is 933. The maximum atomic E-state index is 12.7. The van der Waals surface area contributed by atoms with Gasteiger partial charge in [-0.1, -0.05) is 35.3 Å². The number of benzene rings is 2. The summed E-state index contributed by atoms with van der Waals surface area (Å²) < 4.78 is 32.8. The van der Waals surface area contributed by atoms with Crippen LogP contribution in [0.3, 0.4) is 0 Å². The Morgan fingerprint density at radius 3 is 2.56 bits per heavy atom. The van der Waals surface area contributed by atoms with Gasteiger partial charge >= 0.3 is 0 Å². The van der Waals surface area contributed by atoms with E-state index < -0.39 is 15.9 Å². The zero-order valence-corrected chi connectivity index (χ0v) is 17.2. The molecule has 0 aliphatic heterocycles. The Morgan fingerprint density at radius 1 is 1.15 bits per heavy atom. The molecule has 0 saturated heterocycles. The third-order valence-electron chi connectivity index (χ3n) is 3.64. The maximum absolute atomic E-state index is 12.7. The van der Waals surface area contributed by atoms with E-state index in [4.69, 9.17) is 27.9 Å². The van der Waals surface area contributed by atoms with Crippen LogP contribution < -0.4 is 10.0 Å². The molecule has 0 aromatic heterocycles. The zero-order chi connectivity index (χ0) is 20.0. The molecule has 27 heavy (non-hydrogen) atoms. The average molecular weight is 431 g/mol. The number of hydrogen-bond acceptors (Lipinski definition) is 4. The third-order valence-corrected chi connectivity index (χ3v) is 5.80. The molecule has 6 nitrogen and oxygen atoms in total. The highest BCUT2D eigenvalue weighted by atomic mass is 35.5. The topological polar surface area (TPSA) is 84.5 Å². The predicted molar refractivity (Wildman–Crippen MR) is 107 cm³/mol. The lowest BCUT2D eigenvalue weighted by Gasteiger charge is -2.13. The van der Waals surface area contributed by atoms with E-state index in [2.05, 4.69) is 10.0 Å². The van der Waals surface area contributed by atoms with Gasteiger partial charge in [-0.3, -0.25) is 9.52 Å². The number of sulfonamides is 1. The van der Waals surface area contributed by atoms with E-state index >= 15 is 0 Å². The number of ether oxygens (including phenoxy) is 1. The fraction of sp³-hybridized carbons (Fsp3) is 0.278. The number of amides is 1. The number of halogens is 2. The van der Waals surface area contributed by atoms with Crippen molar-refractivity contribution in [3.05, 3.63) is 57.6 Å². The van der Waals surface area contributed by atoms with E-state index in [-0.39, 0.29) is 20.5 Å². The van der Waals surface area contributed by atoms with Gasteiger partial charge in [0.25, 0.3) is 15.9 Å². The van der Waals surface area contributed by atoms with Gasteiger partial charge in [0.1, 0.15) is 4.90 Å². The molecule has 0 bridgehead atoms. The van der Waals surface area contributed by atoms with Crippen LogP contribution >= 0.6 is 23.2 Å². The minimum absolute atomic E-state index is 0.0306. The number of rotatable bonds is 8. The maximum Gasteiger partial charge on any atom is 0.263 e. The summed E-state index contributed by atoms with van der Waals surface area (Å²) in [4.78, 5) is 12.1. The van der Waals surface area contributed by atoms with E-state index in [1.165, 1.54) is 12.1 Å². The normalized spacial score (nSPS) is 11.3. The second kappa shape index (κ2) is 9.41. The molecule has 2 rings (SSSR count). The van der Waals surface area contributed by atoms with Crippen molar-refractivity contribution < 1.29 is 17.9 Å². The largest absolute Gasteiger partial charge is 0.385 e. The van der Waals surface area contributed by atoms with Gasteiger partial charge in [-0.25, -0.2) is 8.42 Å². The van der Waals surface area contributed by atoms with Crippen molar-refractivity contribution in [2.45, 2.75) is 18.2 Å². The van der Waals surface area contributed by atoms with E-state index in [1.807, 2.05) is 13.0 Å². The Balaban J connectivity index is 2.29. The van der Waals surface area contributed by atoms with Gasteiger partial charge in [0.15, 0.2) is 0 Å². The second-order valence-corrected chi connectivity index (χ2v) is 8.30. The number of hydrogen-bond donors (Lipinski definition) is 2. The number of carbonyl (C=O) groups is 1. The molecule has 0 spiro atoms. The van der Waals surface area contributed by atoms with Crippen molar-refractivity contribution in [1.29, 1.82) is 0 Å². The first-order valence-corrected chi connectivity index (χ1v) is 10.3. The van der Waals surface area contributed by atoms with Gasteiger partial charge in [0.05, 0.1) is 15.6 Å². The monoisotopic (exact) mass is 430 g/mol. The standard InChI is InChI=1S/C18H20Cl2N2O4S/c1-12-5-3-6-13(9-12)22-27(24,25)17-10-14(15(19)11-16(17)20)18(23)21-7-4-8-26-2/h3,5-6,9-11,22H,4,7-8H2,1-2H3,(H,21,23). The molecule has 0 atom stereocenters. The Kier molecular flexibility index (Phi) is 7.49. The molecule has 2 N–H and O–H groups in total. The molecule has 146 valence electrons. The predicted octanol–water partition coefficient (Wildman–Crippen LogP) is 3.87. The van der Waals surface area contributed by atoms with Gasteiger partial charge in [-0.15, -0.1) is 0 Å². The first-order chi connectivity index (χ1) is 12.7. The zero-order valence-electron chi connectivity index (χ0n) is 14.9. The summed E-state index contributed by atoms with van der Waals surface area (Å²) in [5, 5.41) is 2.66. The molecule has 0 fully saturated rings. The van der Waals surface area contributed by atoms with Gasteiger partial charge in [-0.05, 0) is 43.2 Å². The lowest BCUT2D eigenvalue weighted by atomic mass is 10.2. The van der Waals surface area contributed by atoms with Crippen molar-refractivity contribution in [3.63, 3.8) is 0 Å². The second-order valence-electron chi connectivity index (χ2n) is 5.84. The molecule has 2 aromatic carbocycles. The molecule has 0 aliphatic carbocycles. The van der Waals surface area contributed by atoms with Gasteiger partial charge in [0.2, 0.25) is 0 Å². The van der Waals surface area contributed by atoms with Crippen LogP contribution in [0.4, 0.5) is 5.69 Å². The van der Waals surface area contributed by atoms with Crippen LogP contribution in [-0.2, 0) is 14.8 Å². The molecule has 0 unspecified atom stereocenters. The van der Waals surface area contributed by atoms with Crippen LogP contribution in [0.2, 0.25) is 10.0 Å². The van der Waals surface area contributed by atoms with E-state index in [9.17, 15) is 13.2 Å². The summed E-state index contributed by atoms with van der Waals surface area (Å²) in [6.07, 6.45) is 0.619. The van der Waals surface area contributed by atoms with Gasteiger partial charge in [-0.2, -0.15) is 0 Å². The highest BCUT2D eigenvalue weighted by Crippen LogP contribution is 2.30. The lowest BCUT2D eigenvalue weighted by Crippen LogP contribution is -2.26. The number of carbonyl (C=O) groups excluding carboxylic acids is 1. The fourth-order valence-corrected chi connectivity index (χ4v) is 4.25. The van der Waals surface area contributed by atoms with E-state index in [1.54, 1.807) is 25.3 Å². The van der Waals surface area contributed by atoms with Crippen LogP contribution in [0, 0.1) is 6.92 Å². The van der Waals surface area contributed by atoms with Crippen LogP contribution in [0.25, 0.3) is 0 Å². The van der Waals surface area contributed by atoms with Crippen molar-refractivity contribution in [3.8, 4) is 0 Å². The molecule has 0 saturated carbocycles. The Labute approximate surface area is 168 Å². The summed E-state index contributed by atoms with van der Waals surface area (Å²) >= 11 is 12.2. The van der Waals surface area contributed by atoms with Crippen molar-refractivity contribution in [2.24, 2.45) is 0 Å². The smallest absolute Gasteiger partial charge is 0.263 e. The molecule has 2 aromatic rings. The third kappa shape index (κ3) is 5.84. The minimum atomic E-state index is -4.00. The molecular weight excluding hydrogens is 411 g/mol. The number of aryl methyl sites for hydroxylation is 1. The number of methoxy groups -OCH3 is 1. The molecule has 1 amide bonds. The fourth-order valence-electron chi connectivity index (χ4n) is 2.34. The quantitative estimate of drug-likeness (QED) is 0.622. The lowest BCUT2D eigenvalue weighted by molar-refractivity contribution is 0.0948. The molecule has 9 heteroatoms. The average Bonchev–Trinajstić information content (AvgIpc) is 2.58. The van der Waals surface area contributed by atoms with Crippen LogP contribution in [0.5, 0.6) is 0 Å². The minimum Gasteiger partial charge on any atom is -0.385 e. The van der Waals surface area contributed by atoms with Gasteiger partial charge < -0.3 is 10.1 Å². The first kappa shape index (κ1) is 21.5. The summed E-state index contributed by atoms with van der Waals surface area (Å²) in [5.74, 6) is -0.486. The van der Waals surface area contributed by atoms with Crippen LogP contribution in [0.15, 0.2) is 41.3 Å². The highest BCUT2D eigenvalue weighted by molar-refractivity contribution is 7.92. The van der Waals surface area contributed by atoms with E-state index in [0.29, 0.717) is 25.3 Å². The van der Waals surface area contributed by atoms with Crippen molar-refractivity contribution in [2.75, 3.05) is 25.0 Å². The summed E-state index contributed by atoms with van der Waals surface area (Å²) in [6, 6.07) is 9.31. The molecule has 0 heterocycles. The van der Waals surface area contributed by atoms with Crippen LogP contribution in [-0.4, -0.2) is 34.6 Å². The Morgan fingerprint density at radius 2 is 1.89 bits per heavy atom. The van der Waals surface area contributed by atoms with Crippen LogP contribution in [0.1, 0.15) is 22.3 Å². The summed E-state index contributed by atoms with van der Waals surface area (Å²) in [7, 11) is -2.44. The summed E-state index contributed by atoms with van der Waals surface area (Å²) in [6.45, 7) is 2.71. The summed E-state index contributed by atoms with van der Waals surface area (Å²) in [5.41, 5.74) is 1.32. The molecule has 0 radical (unpaired) electrons. The van der Waals surface area contributed by atoms with Crippen molar-refractivity contribution >= 4 is 44.8 Å². The van der Waals surface area contributed by atoms with Crippen molar-refractivity contribution in [1.82, 2.24) is 5.32 Å².